The van der Waals surface area contributed by atoms with Gasteiger partial charge in [-0.15, -0.1) is 0 Å². The lowest BCUT2D eigenvalue weighted by atomic mass is 9.89. The normalized spacial score (nSPS) is 11.7. The summed E-state index contributed by atoms with van der Waals surface area (Å²) in [7, 11) is 0. The largest absolute Gasteiger partial charge is 0.465 e. The standard InChI is InChI=1S/C21H17ClFN5O3/c1-3-28(21(30)31)20(29)18(11-25)27-26-15-8-12(2)19(17(22)9-15)16(10-24)13-4-6-14(23)7-5-13/h4-9,16,26H,3H2,1-2H3,(H,30,31). The lowest BCUT2D eigenvalue weighted by Crippen LogP contribution is -2.40. The van der Waals surface area contributed by atoms with Crippen LogP contribution in [-0.2, 0) is 4.79 Å². The molecule has 2 aromatic carbocycles. The molecule has 158 valence electrons. The predicted molar refractivity (Wildman–Crippen MR) is 112 cm³/mol. The quantitative estimate of drug-likeness (QED) is 0.508. The summed E-state index contributed by atoms with van der Waals surface area (Å²) >= 11 is 6.38. The molecule has 2 rings (SSSR count). The molecule has 0 saturated heterocycles. The van der Waals surface area contributed by atoms with Gasteiger partial charge in [0.05, 0.1) is 17.7 Å². The van der Waals surface area contributed by atoms with Gasteiger partial charge in [0, 0.05) is 11.6 Å². The minimum atomic E-state index is -1.50. The van der Waals surface area contributed by atoms with E-state index in [0.717, 1.165) is 0 Å². The molecule has 0 aliphatic rings. The number of imide groups is 1. The van der Waals surface area contributed by atoms with Crippen molar-refractivity contribution in [3.8, 4) is 12.1 Å². The molecule has 0 aliphatic carbocycles. The van der Waals surface area contributed by atoms with Crippen LogP contribution in [0.5, 0.6) is 0 Å². The van der Waals surface area contributed by atoms with Gasteiger partial charge in [-0.05, 0) is 54.8 Å². The Morgan fingerprint density at radius 3 is 2.42 bits per heavy atom. The van der Waals surface area contributed by atoms with Crippen molar-refractivity contribution in [1.82, 2.24) is 4.90 Å². The third kappa shape index (κ3) is 5.35. The Bertz CT molecular complexity index is 1100. The minimum Gasteiger partial charge on any atom is -0.465 e. The molecule has 2 amide bonds. The SMILES string of the molecule is CCN(C(=O)O)C(=O)C(C#N)=NNc1cc(C)c(C(C#N)c2ccc(F)cc2)c(Cl)c1. The van der Waals surface area contributed by atoms with Crippen LogP contribution in [-0.4, -0.2) is 34.3 Å². The van der Waals surface area contributed by atoms with Crippen molar-refractivity contribution in [2.24, 2.45) is 5.10 Å². The first-order valence-electron chi connectivity index (χ1n) is 8.97. The van der Waals surface area contributed by atoms with Gasteiger partial charge >= 0.3 is 6.09 Å². The third-order valence-electron chi connectivity index (χ3n) is 4.36. The molecular weight excluding hydrogens is 425 g/mol. The number of hydrazone groups is 1. The maximum atomic E-state index is 13.2. The number of aryl methyl sites for hydroxylation is 1. The molecule has 1 atom stereocenters. The highest BCUT2D eigenvalue weighted by Crippen LogP contribution is 2.35. The van der Waals surface area contributed by atoms with Crippen molar-refractivity contribution in [3.05, 3.63) is 63.9 Å². The molecular formula is C21H17ClFN5O3. The monoisotopic (exact) mass is 441 g/mol. The van der Waals surface area contributed by atoms with E-state index in [-0.39, 0.29) is 11.6 Å². The zero-order valence-corrected chi connectivity index (χ0v) is 17.3. The van der Waals surface area contributed by atoms with Crippen molar-refractivity contribution < 1.29 is 19.1 Å². The van der Waals surface area contributed by atoms with Crippen LogP contribution in [0.1, 0.15) is 29.5 Å². The predicted octanol–water partition coefficient (Wildman–Crippen LogP) is 4.26. The van der Waals surface area contributed by atoms with Crippen molar-refractivity contribution in [3.63, 3.8) is 0 Å². The van der Waals surface area contributed by atoms with E-state index in [0.29, 0.717) is 27.3 Å². The third-order valence-corrected chi connectivity index (χ3v) is 4.67. The lowest BCUT2D eigenvalue weighted by molar-refractivity contribution is -0.121. The number of carboxylic acid groups (broad SMARTS) is 1. The first-order valence-corrected chi connectivity index (χ1v) is 9.34. The maximum Gasteiger partial charge on any atom is 0.414 e. The molecule has 2 aromatic rings. The second kappa shape index (κ2) is 10.2. The number of hydrogen-bond acceptors (Lipinski definition) is 6. The average molecular weight is 442 g/mol. The molecule has 0 spiro atoms. The van der Waals surface area contributed by atoms with Crippen LogP contribution in [0.4, 0.5) is 14.9 Å². The number of amides is 2. The van der Waals surface area contributed by atoms with E-state index in [2.05, 4.69) is 16.6 Å². The number of nitrogens with one attached hydrogen (secondary N) is 1. The molecule has 2 N–H and O–H groups in total. The summed E-state index contributed by atoms with van der Waals surface area (Å²) in [5.74, 6) is -2.23. The van der Waals surface area contributed by atoms with Crippen molar-refractivity contribution in [2.45, 2.75) is 19.8 Å². The Kier molecular flexibility index (Phi) is 7.67. The Morgan fingerprint density at radius 2 is 1.94 bits per heavy atom. The number of anilines is 1. The molecule has 0 radical (unpaired) electrons. The molecule has 0 aromatic heterocycles. The summed E-state index contributed by atoms with van der Waals surface area (Å²) in [5.41, 5.74) is 3.89. The van der Waals surface area contributed by atoms with Crippen molar-refractivity contribution in [2.75, 3.05) is 12.0 Å². The number of carbonyl (C=O) groups is 2. The number of carbonyl (C=O) groups excluding carboxylic acids is 1. The van der Waals surface area contributed by atoms with Gasteiger partial charge in [0.25, 0.3) is 5.91 Å². The summed E-state index contributed by atoms with van der Waals surface area (Å²) < 4.78 is 13.2. The Balaban J connectivity index is 2.35. The Morgan fingerprint density at radius 1 is 1.29 bits per heavy atom. The Hall–Kier alpha value is -3.95. The molecule has 10 heteroatoms. The summed E-state index contributed by atoms with van der Waals surface area (Å²) in [6, 6.07) is 12.3. The topological polar surface area (TPSA) is 130 Å². The van der Waals surface area contributed by atoms with E-state index >= 15 is 0 Å². The summed E-state index contributed by atoms with van der Waals surface area (Å²) in [4.78, 5) is 23.7. The second-order valence-electron chi connectivity index (χ2n) is 6.32. The number of hydrogen-bond donors (Lipinski definition) is 2. The van der Waals surface area contributed by atoms with Gasteiger partial charge in [0.15, 0.2) is 0 Å². The number of benzene rings is 2. The van der Waals surface area contributed by atoms with E-state index < -0.39 is 29.4 Å². The first-order chi connectivity index (χ1) is 14.7. The second-order valence-corrected chi connectivity index (χ2v) is 6.73. The van der Waals surface area contributed by atoms with Crippen LogP contribution >= 0.6 is 11.6 Å². The maximum absolute atomic E-state index is 13.2. The summed E-state index contributed by atoms with van der Waals surface area (Å²) in [5, 5.41) is 31.7. The molecule has 31 heavy (non-hydrogen) atoms. The molecule has 0 fully saturated rings. The van der Waals surface area contributed by atoms with E-state index in [1.54, 1.807) is 19.1 Å². The van der Waals surface area contributed by atoms with Crippen molar-refractivity contribution in [1.29, 1.82) is 10.5 Å². The van der Waals surface area contributed by atoms with E-state index in [1.165, 1.54) is 37.3 Å². The van der Waals surface area contributed by atoms with Crippen LogP contribution in [0.15, 0.2) is 41.5 Å². The van der Waals surface area contributed by atoms with Crippen molar-refractivity contribution >= 4 is 35.0 Å². The highest BCUT2D eigenvalue weighted by atomic mass is 35.5. The fourth-order valence-corrected chi connectivity index (χ4v) is 3.26. The van der Waals surface area contributed by atoms with Crippen LogP contribution in [0.25, 0.3) is 0 Å². The van der Waals surface area contributed by atoms with Gasteiger partial charge in [-0.2, -0.15) is 15.6 Å². The minimum absolute atomic E-state index is 0.145. The fourth-order valence-electron chi connectivity index (χ4n) is 2.88. The zero-order chi connectivity index (χ0) is 23.1. The average Bonchev–Trinajstić information content (AvgIpc) is 2.72. The summed E-state index contributed by atoms with van der Waals surface area (Å²) in [6.45, 7) is 3.01. The molecule has 0 saturated carbocycles. The molecule has 0 heterocycles. The molecule has 0 aliphatic heterocycles. The number of rotatable bonds is 6. The van der Waals surface area contributed by atoms with E-state index in [1.807, 2.05) is 0 Å². The van der Waals surface area contributed by atoms with Gasteiger partial charge < -0.3 is 5.11 Å². The molecule has 1 unspecified atom stereocenters. The molecule has 0 bridgehead atoms. The highest BCUT2D eigenvalue weighted by Gasteiger charge is 2.24. The Labute approximate surface area is 182 Å². The van der Waals surface area contributed by atoms with Gasteiger partial charge in [-0.3, -0.25) is 10.2 Å². The lowest BCUT2D eigenvalue weighted by Gasteiger charge is -2.17. The van der Waals surface area contributed by atoms with Gasteiger partial charge in [0.2, 0.25) is 5.71 Å². The first kappa shape index (κ1) is 23.3. The fraction of sp³-hybridized carbons (Fsp3) is 0.190. The zero-order valence-electron chi connectivity index (χ0n) is 16.6. The van der Waals surface area contributed by atoms with Crippen LogP contribution in [0.2, 0.25) is 5.02 Å². The summed E-state index contributed by atoms with van der Waals surface area (Å²) in [6.07, 6.45) is -1.50. The number of halogens is 2. The van der Waals surface area contributed by atoms with Crippen LogP contribution in [0.3, 0.4) is 0 Å². The van der Waals surface area contributed by atoms with Gasteiger partial charge in [-0.25, -0.2) is 14.1 Å². The van der Waals surface area contributed by atoms with Crippen LogP contribution in [0, 0.1) is 35.4 Å². The van der Waals surface area contributed by atoms with Crippen LogP contribution < -0.4 is 5.43 Å². The highest BCUT2D eigenvalue weighted by molar-refractivity contribution is 6.46. The van der Waals surface area contributed by atoms with Gasteiger partial charge in [-0.1, -0.05) is 23.7 Å². The van der Waals surface area contributed by atoms with E-state index in [4.69, 9.17) is 22.0 Å². The molecule has 8 nitrogen and oxygen atoms in total. The number of nitriles is 2. The number of nitrogens with zero attached hydrogens (tertiary/aromatic N) is 4. The smallest absolute Gasteiger partial charge is 0.414 e. The van der Waals surface area contributed by atoms with E-state index in [9.17, 15) is 19.2 Å². The van der Waals surface area contributed by atoms with Gasteiger partial charge in [0.1, 0.15) is 11.9 Å².